The van der Waals surface area contributed by atoms with Crippen molar-refractivity contribution in [1.82, 2.24) is 9.47 Å². The summed E-state index contributed by atoms with van der Waals surface area (Å²) in [6.45, 7) is 1.50. The number of amides is 1. The van der Waals surface area contributed by atoms with Crippen molar-refractivity contribution >= 4 is 21.8 Å². The van der Waals surface area contributed by atoms with Crippen molar-refractivity contribution in [2.75, 3.05) is 13.1 Å². The molecule has 4 nitrogen and oxygen atoms in total. The summed E-state index contributed by atoms with van der Waals surface area (Å²) in [6, 6.07) is 2.20. The Morgan fingerprint density at radius 3 is 2.94 bits per heavy atom. The first-order valence-electron chi connectivity index (χ1n) is 6.46. The molecular formula is C13H20BrN3O. The molecule has 1 saturated heterocycles. The van der Waals surface area contributed by atoms with Crippen molar-refractivity contribution in [3.8, 4) is 0 Å². The van der Waals surface area contributed by atoms with Crippen LogP contribution in [-0.4, -0.2) is 34.5 Å². The zero-order valence-electron chi connectivity index (χ0n) is 10.7. The lowest BCUT2D eigenvalue weighted by Gasteiger charge is -2.35. The lowest BCUT2D eigenvalue weighted by Crippen LogP contribution is -2.45. The Hall–Kier alpha value is -0.810. The number of carbonyl (C=O) groups excluding carboxylic acids is 1. The van der Waals surface area contributed by atoms with Gasteiger partial charge in [-0.05, 0) is 54.2 Å². The summed E-state index contributed by atoms with van der Waals surface area (Å²) in [5, 5.41) is 0. The third kappa shape index (κ3) is 2.78. The molecule has 1 amide bonds. The van der Waals surface area contributed by atoms with Crippen LogP contribution in [0.1, 0.15) is 36.2 Å². The van der Waals surface area contributed by atoms with Crippen molar-refractivity contribution in [3.63, 3.8) is 0 Å². The summed E-state index contributed by atoms with van der Waals surface area (Å²) in [5.41, 5.74) is 6.39. The van der Waals surface area contributed by atoms with Gasteiger partial charge in [0.05, 0.1) is 0 Å². The van der Waals surface area contributed by atoms with Crippen molar-refractivity contribution in [2.24, 2.45) is 12.8 Å². The van der Waals surface area contributed by atoms with Crippen LogP contribution in [0, 0.1) is 0 Å². The minimum absolute atomic E-state index is 0.126. The topological polar surface area (TPSA) is 51.3 Å². The molecule has 0 radical (unpaired) electrons. The zero-order valence-corrected chi connectivity index (χ0v) is 12.3. The summed E-state index contributed by atoms with van der Waals surface area (Å²) in [4.78, 5) is 14.6. The number of nitrogens with two attached hydrogens (primary N) is 1. The van der Waals surface area contributed by atoms with Crippen LogP contribution in [0.15, 0.2) is 16.7 Å². The molecule has 1 aliphatic rings. The summed E-state index contributed by atoms with van der Waals surface area (Å²) in [6.07, 6.45) is 6.19. The standard InChI is InChI=1S/C13H20BrN3O/c1-16-9-10(14)8-12(16)13(18)17-7-3-2-4-11(17)5-6-15/h8-9,11H,2-7,15H2,1H3/t11-/m1/s1. The number of hydrogen-bond donors (Lipinski definition) is 1. The lowest BCUT2D eigenvalue weighted by atomic mass is 9.99. The molecule has 1 fully saturated rings. The molecule has 0 aliphatic carbocycles. The molecule has 2 rings (SSSR count). The Kier molecular flexibility index (Phi) is 4.45. The molecule has 100 valence electrons. The number of rotatable bonds is 3. The number of halogens is 1. The lowest BCUT2D eigenvalue weighted by molar-refractivity contribution is 0.0595. The molecule has 2 N–H and O–H groups in total. The molecule has 0 spiro atoms. The van der Waals surface area contributed by atoms with E-state index in [1.807, 2.05) is 28.8 Å². The largest absolute Gasteiger partial charge is 0.345 e. The number of carbonyl (C=O) groups is 1. The van der Waals surface area contributed by atoms with Crippen LogP contribution in [0.25, 0.3) is 0 Å². The normalized spacial score (nSPS) is 20.2. The fraction of sp³-hybridized carbons (Fsp3) is 0.615. The highest BCUT2D eigenvalue weighted by molar-refractivity contribution is 9.10. The van der Waals surface area contributed by atoms with Crippen LogP contribution in [0.3, 0.4) is 0 Å². The Morgan fingerprint density at radius 1 is 1.56 bits per heavy atom. The average molecular weight is 314 g/mol. The SMILES string of the molecule is Cn1cc(Br)cc1C(=O)N1CCCC[C@@H]1CCN. The van der Waals surface area contributed by atoms with Crippen LogP contribution in [-0.2, 0) is 7.05 Å². The molecule has 1 aromatic heterocycles. The molecule has 0 aromatic carbocycles. The molecule has 0 saturated carbocycles. The molecule has 1 aromatic rings. The maximum Gasteiger partial charge on any atom is 0.270 e. The highest BCUT2D eigenvalue weighted by atomic mass is 79.9. The van der Waals surface area contributed by atoms with Gasteiger partial charge in [-0.3, -0.25) is 4.79 Å². The number of likely N-dealkylation sites (tertiary alicyclic amines) is 1. The number of nitrogens with zero attached hydrogens (tertiary/aromatic N) is 2. The summed E-state index contributed by atoms with van der Waals surface area (Å²) >= 11 is 3.41. The van der Waals surface area contributed by atoms with Gasteiger partial charge in [-0.1, -0.05) is 0 Å². The molecule has 0 bridgehead atoms. The minimum Gasteiger partial charge on any atom is -0.345 e. The molecule has 5 heteroatoms. The fourth-order valence-electron chi connectivity index (χ4n) is 2.64. The fourth-order valence-corrected chi connectivity index (χ4v) is 3.17. The van der Waals surface area contributed by atoms with Gasteiger partial charge in [-0.15, -0.1) is 0 Å². The monoisotopic (exact) mass is 313 g/mol. The Morgan fingerprint density at radius 2 is 2.33 bits per heavy atom. The van der Waals surface area contributed by atoms with Gasteiger partial charge in [0.2, 0.25) is 0 Å². The van der Waals surface area contributed by atoms with Gasteiger partial charge < -0.3 is 15.2 Å². The van der Waals surface area contributed by atoms with E-state index in [4.69, 9.17) is 5.73 Å². The van der Waals surface area contributed by atoms with Crippen LogP contribution in [0.2, 0.25) is 0 Å². The van der Waals surface area contributed by atoms with E-state index in [9.17, 15) is 4.79 Å². The van der Waals surface area contributed by atoms with Crippen molar-refractivity contribution in [2.45, 2.75) is 31.7 Å². The zero-order chi connectivity index (χ0) is 13.1. The first kappa shape index (κ1) is 13.6. The summed E-state index contributed by atoms with van der Waals surface area (Å²) in [5.74, 6) is 0.126. The van der Waals surface area contributed by atoms with Crippen molar-refractivity contribution in [1.29, 1.82) is 0 Å². The maximum absolute atomic E-state index is 12.6. The molecule has 0 unspecified atom stereocenters. The average Bonchev–Trinajstić information content (AvgIpc) is 2.69. The summed E-state index contributed by atoms with van der Waals surface area (Å²) in [7, 11) is 1.90. The Labute approximate surface area is 116 Å². The predicted octanol–water partition coefficient (Wildman–Crippen LogP) is 2.13. The van der Waals surface area contributed by atoms with Gasteiger partial charge in [0.1, 0.15) is 5.69 Å². The van der Waals surface area contributed by atoms with Gasteiger partial charge in [-0.2, -0.15) is 0 Å². The number of piperidine rings is 1. The quantitative estimate of drug-likeness (QED) is 0.929. The number of hydrogen-bond acceptors (Lipinski definition) is 2. The van der Waals surface area contributed by atoms with Crippen LogP contribution >= 0.6 is 15.9 Å². The van der Waals surface area contributed by atoms with E-state index in [0.717, 1.165) is 36.0 Å². The van der Waals surface area contributed by atoms with Gasteiger partial charge in [0.25, 0.3) is 5.91 Å². The Balaban J connectivity index is 2.18. The van der Waals surface area contributed by atoms with Gasteiger partial charge in [0, 0.05) is 30.3 Å². The predicted molar refractivity (Wildman–Crippen MR) is 75.5 cm³/mol. The Bertz CT molecular complexity index is 428. The second-order valence-electron chi connectivity index (χ2n) is 4.88. The third-order valence-electron chi connectivity index (χ3n) is 3.58. The van der Waals surface area contributed by atoms with Gasteiger partial charge >= 0.3 is 0 Å². The van der Waals surface area contributed by atoms with E-state index in [2.05, 4.69) is 15.9 Å². The van der Waals surface area contributed by atoms with Crippen molar-refractivity contribution < 1.29 is 4.79 Å². The minimum atomic E-state index is 0.126. The number of aryl methyl sites for hydroxylation is 1. The van der Waals surface area contributed by atoms with E-state index >= 15 is 0 Å². The highest BCUT2D eigenvalue weighted by Crippen LogP contribution is 2.23. The van der Waals surface area contributed by atoms with Crippen LogP contribution in [0.4, 0.5) is 0 Å². The third-order valence-corrected chi connectivity index (χ3v) is 4.01. The van der Waals surface area contributed by atoms with Crippen molar-refractivity contribution in [3.05, 3.63) is 22.4 Å². The summed E-state index contributed by atoms with van der Waals surface area (Å²) < 4.78 is 2.82. The maximum atomic E-state index is 12.6. The second kappa shape index (κ2) is 5.89. The molecule has 1 aliphatic heterocycles. The van der Waals surface area contributed by atoms with E-state index in [0.29, 0.717) is 12.6 Å². The second-order valence-corrected chi connectivity index (χ2v) is 5.80. The molecule has 18 heavy (non-hydrogen) atoms. The van der Waals surface area contributed by atoms with Crippen LogP contribution < -0.4 is 5.73 Å². The van der Waals surface area contributed by atoms with Crippen LogP contribution in [0.5, 0.6) is 0 Å². The van der Waals surface area contributed by atoms with Gasteiger partial charge in [0.15, 0.2) is 0 Å². The van der Waals surface area contributed by atoms with Gasteiger partial charge in [-0.25, -0.2) is 0 Å². The first-order valence-corrected chi connectivity index (χ1v) is 7.25. The molecule has 1 atom stereocenters. The van der Waals surface area contributed by atoms with E-state index < -0.39 is 0 Å². The number of aromatic nitrogens is 1. The van der Waals surface area contributed by atoms with E-state index in [-0.39, 0.29) is 5.91 Å². The van der Waals surface area contributed by atoms with E-state index in [1.54, 1.807) is 0 Å². The molecular weight excluding hydrogens is 294 g/mol. The molecule has 2 heterocycles. The highest BCUT2D eigenvalue weighted by Gasteiger charge is 2.28. The van der Waals surface area contributed by atoms with E-state index in [1.165, 1.54) is 6.42 Å². The smallest absolute Gasteiger partial charge is 0.270 e. The first-order chi connectivity index (χ1) is 8.63.